The third-order valence-corrected chi connectivity index (χ3v) is 3.88. The maximum Gasteiger partial charge on any atom is 0.134 e. The summed E-state index contributed by atoms with van der Waals surface area (Å²) in [6.07, 6.45) is 4.68. The molecule has 3 N–H and O–H groups in total. The van der Waals surface area contributed by atoms with Gasteiger partial charge in [0, 0.05) is 24.2 Å². The Kier molecular flexibility index (Phi) is 4.01. The molecule has 1 aliphatic rings. The Labute approximate surface area is 109 Å². The summed E-state index contributed by atoms with van der Waals surface area (Å²) in [5.41, 5.74) is 6.92. The second kappa shape index (κ2) is 5.52. The van der Waals surface area contributed by atoms with Crippen molar-refractivity contribution in [1.29, 1.82) is 0 Å². The number of nitrogen functional groups attached to an aromatic ring is 1. The first kappa shape index (κ1) is 13.1. The van der Waals surface area contributed by atoms with E-state index in [1.165, 1.54) is 6.33 Å². The molecule has 100 valence electrons. The van der Waals surface area contributed by atoms with Crippen LogP contribution in [0.5, 0.6) is 0 Å². The number of aromatic nitrogens is 2. The quantitative estimate of drug-likeness (QED) is 0.850. The standard InChI is InChI=1S/C13H23N5/c1-4-11-12(14)15-8-16-13(11)17-10-5-6-18(3)9(2)7-10/h8-10H,4-7H2,1-3H3,(H3,14,15,16,17). The van der Waals surface area contributed by atoms with Gasteiger partial charge in [-0.15, -0.1) is 0 Å². The van der Waals surface area contributed by atoms with Crippen molar-refractivity contribution >= 4 is 11.6 Å². The summed E-state index contributed by atoms with van der Waals surface area (Å²) < 4.78 is 0. The van der Waals surface area contributed by atoms with Crippen LogP contribution in [0.15, 0.2) is 6.33 Å². The molecule has 1 aromatic heterocycles. The molecule has 0 spiro atoms. The number of nitrogens with zero attached hydrogens (tertiary/aromatic N) is 3. The molecule has 1 aliphatic heterocycles. The molecule has 5 heteroatoms. The number of nitrogens with one attached hydrogen (secondary N) is 1. The summed E-state index contributed by atoms with van der Waals surface area (Å²) in [7, 11) is 2.18. The first-order valence-corrected chi connectivity index (χ1v) is 6.68. The SMILES string of the molecule is CCc1c(N)ncnc1NC1CCN(C)C(C)C1. The summed E-state index contributed by atoms with van der Waals surface area (Å²) in [6, 6.07) is 1.09. The average molecular weight is 249 g/mol. The van der Waals surface area contributed by atoms with E-state index >= 15 is 0 Å². The van der Waals surface area contributed by atoms with Crippen LogP contribution in [0.4, 0.5) is 11.6 Å². The molecule has 2 unspecified atom stereocenters. The van der Waals surface area contributed by atoms with E-state index < -0.39 is 0 Å². The zero-order chi connectivity index (χ0) is 13.1. The molecule has 0 bridgehead atoms. The van der Waals surface area contributed by atoms with Crippen LogP contribution >= 0.6 is 0 Å². The highest BCUT2D eigenvalue weighted by Crippen LogP contribution is 2.23. The molecule has 2 atom stereocenters. The van der Waals surface area contributed by atoms with Gasteiger partial charge in [0.2, 0.25) is 0 Å². The Morgan fingerprint density at radius 3 is 2.94 bits per heavy atom. The van der Waals surface area contributed by atoms with E-state index in [0.29, 0.717) is 17.9 Å². The Balaban J connectivity index is 2.08. The van der Waals surface area contributed by atoms with Crippen LogP contribution in [0.1, 0.15) is 32.3 Å². The zero-order valence-corrected chi connectivity index (χ0v) is 11.5. The molecule has 0 radical (unpaired) electrons. The van der Waals surface area contributed by atoms with Crippen molar-refractivity contribution in [3.63, 3.8) is 0 Å². The molecular weight excluding hydrogens is 226 g/mol. The second-order valence-corrected chi connectivity index (χ2v) is 5.13. The van der Waals surface area contributed by atoms with Crippen molar-refractivity contribution in [3.8, 4) is 0 Å². The highest BCUT2D eigenvalue weighted by molar-refractivity contribution is 5.55. The van der Waals surface area contributed by atoms with Gasteiger partial charge in [-0.25, -0.2) is 9.97 Å². The van der Waals surface area contributed by atoms with Crippen molar-refractivity contribution in [2.45, 2.75) is 45.2 Å². The highest BCUT2D eigenvalue weighted by atomic mass is 15.2. The topological polar surface area (TPSA) is 67.1 Å². The molecule has 2 rings (SSSR count). The van der Waals surface area contributed by atoms with E-state index in [1.54, 1.807) is 0 Å². The van der Waals surface area contributed by atoms with Crippen LogP contribution in [0.25, 0.3) is 0 Å². The fraction of sp³-hybridized carbons (Fsp3) is 0.692. The third kappa shape index (κ3) is 2.72. The zero-order valence-electron chi connectivity index (χ0n) is 11.5. The van der Waals surface area contributed by atoms with Crippen LogP contribution in [-0.2, 0) is 6.42 Å². The maximum atomic E-state index is 5.89. The van der Waals surface area contributed by atoms with Crippen molar-refractivity contribution in [2.75, 3.05) is 24.6 Å². The van der Waals surface area contributed by atoms with Crippen LogP contribution in [0.3, 0.4) is 0 Å². The van der Waals surface area contributed by atoms with Crippen LogP contribution < -0.4 is 11.1 Å². The van der Waals surface area contributed by atoms with Crippen molar-refractivity contribution in [1.82, 2.24) is 14.9 Å². The minimum atomic E-state index is 0.482. The fourth-order valence-electron chi connectivity index (χ4n) is 2.51. The molecule has 1 saturated heterocycles. The predicted molar refractivity (Wildman–Crippen MR) is 74.6 cm³/mol. The third-order valence-electron chi connectivity index (χ3n) is 3.88. The first-order chi connectivity index (χ1) is 8.61. The lowest BCUT2D eigenvalue weighted by Crippen LogP contribution is -2.42. The number of nitrogens with two attached hydrogens (primary N) is 1. The first-order valence-electron chi connectivity index (χ1n) is 6.68. The summed E-state index contributed by atoms with van der Waals surface area (Å²) >= 11 is 0. The lowest BCUT2D eigenvalue weighted by molar-refractivity contribution is 0.190. The Bertz CT molecular complexity index is 406. The van der Waals surface area contributed by atoms with Crippen LogP contribution in [0, 0.1) is 0 Å². The molecule has 0 saturated carbocycles. The molecule has 18 heavy (non-hydrogen) atoms. The van der Waals surface area contributed by atoms with Crippen LogP contribution in [-0.4, -0.2) is 40.5 Å². The molecule has 2 heterocycles. The average Bonchev–Trinajstić information content (AvgIpc) is 2.34. The molecule has 1 fully saturated rings. The number of likely N-dealkylation sites (tertiary alicyclic amines) is 1. The Hall–Kier alpha value is -1.36. The second-order valence-electron chi connectivity index (χ2n) is 5.13. The van der Waals surface area contributed by atoms with Gasteiger partial charge < -0.3 is 16.0 Å². The summed E-state index contributed by atoms with van der Waals surface area (Å²) in [6.45, 7) is 5.47. The van der Waals surface area contributed by atoms with Crippen molar-refractivity contribution < 1.29 is 0 Å². The van der Waals surface area contributed by atoms with Crippen molar-refractivity contribution in [2.24, 2.45) is 0 Å². The van der Waals surface area contributed by atoms with E-state index in [0.717, 1.165) is 37.2 Å². The summed E-state index contributed by atoms with van der Waals surface area (Å²) in [5.74, 6) is 1.50. The van der Waals surface area contributed by atoms with Gasteiger partial charge in [0.1, 0.15) is 18.0 Å². The van der Waals surface area contributed by atoms with Gasteiger partial charge in [0.05, 0.1) is 0 Å². The van der Waals surface area contributed by atoms with Gasteiger partial charge in [-0.05, 0) is 33.2 Å². The highest BCUT2D eigenvalue weighted by Gasteiger charge is 2.23. The van der Waals surface area contributed by atoms with Gasteiger partial charge in [-0.2, -0.15) is 0 Å². The number of rotatable bonds is 3. The normalized spacial score (nSPS) is 25.1. The lowest BCUT2D eigenvalue weighted by atomic mass is 9.98. The molecule has 0 aromatic carbocycles. The maximum absolute atomic E-state index is 5.89. The van der Waals surface area contributed by atoms with Crippen LogP contribution in [0.2, 0.25) is 0 Å². The molecule has 1 aromatic rings. The van der Waals surface area contributed by atoms with Gasteiger partial charge in [0.15, 0.2) is 0 Å². The molecule has 5 nitrogen and oxygen atoms in total. The largest absolute Gasteiger partial charge is 0.383 e. The van der Waals surface area contributed by atoms with Crippen molar-refractivity contribution in [3.05, 3.63) is 11.9 Å². The minimum absolute atomic E-state index is 0.482. The van der Waals surface area contributed by atoms with E-state index in [4.69, 9.17) is 5.73 Å². The number of hydrogen-bond acceptors (Lipinski definition) is 5. The Morgan fingerprint density at radius 1 is 1.50 bits per heavy atom. The number of hydrogen-bond donors (Lipinski definition) is 2. The minimum Gasteiger partial charge on any atom is -0.383 e. The van der Waals surface area contributed by atoms with Gasteiger partial charge in [-0.3, -0.25) is 0 Å². The number of anilines is 2. The van der Waals surface area contributed by atoms with E-state index in [1.807, 2.05) is 0 Å². The molecule has 0 amide bonds. The van der Waals surface area contributed by atoms with Gasteiger partial charge in [-0.1, -0.05) is 6.92 Å². The van der Waals surface area contributed by atoms with E-state index in [-0.39, 0.29) is 0 Å². The predicted octanol–water partition coefficient (Wildman–Crippen LogP) is 1.52. The van der Waals surface area contributed by atoms with Gasteiger partial charge in [0.25, 0.3) is 0 Å². The monoisotopic (exact) mass is 249 g/mol. The molecule has 0 aliphatic carbocycles. The smallest absolute Gasteiger partial charge is 0.134 e. The van der Waals surface area contributed by atoms with Gasteiger partial charge >= 0.3 is 0 Å². The van der Waals surface area contributed by atoms with E-state index in [2.05, 4.69) is 41.1 Å². The lowest BCUT2D eigenvalue weighted by Gasteiger charge is -2.35. The van der Waals surface area contributed by atoms with E-state index in [9.17, 15) is 0 Å². The Morgan fingerprint density at radius 2 is 2.28 bits per heavy atom. The summed E-state index contributed by atoms with van der Waals surface area (Å²) in [5, 5.41) is 3.53. The number of piperidine rings is 1. The summed E-state index contributed by atoms with van der Waals surface area (Å²) in [4.78, 5) is 10.8. The molecular formula is C13H23N5. The fourth-order valence-corrected chi connectivity index (χ4v) is 2.51.